The number of furan rings is 1. The first-order valence-corrected chi connectivity index (χ1v) is 6.27. The average Bonchev–Trinajstić information content (AvgIpc) is 2.78. The summed E-state index contributed by atoms with van der Waals surface area (Å²) in [4.78, 5) is 0. The number of rotatable bonds is 5. The van der Waals surface area contributed by atoms with Crippen molar-refractivity contribution in [2.75, 3.05) is 6.54 Å². The largest absolute Gasteiger partial charge is 0.460 e. The summed E-state index contributed by atoms with van der Waals surface area (Å²) in [5.41, 5.74) is 0.890. The molecular weight excluding hydrogens is 250 g/mol. The third-order valence-corrected chi connectivity index (χ3v) is 2.87. The molecule has 0 spiro atoms. The van der Waals surface area contributed by atoms with Crippen molar-refractivity contribution in [1.82, 2.24) is 5.32 Å². The minimum atomic E-state index is -0.358. The van der Waals surface area contributed by atoms with E-state index in [0.717, 1.165) is 17.1 Å². The summed E-state index contributed by atoms with van der Waals surface area (Å²) in [6.07, 6.45) is -0.358. The second-order valence-electron chi connectivity index (χ2n) is 4.23. The van der Waals surface area contributed by atoms with E-state index in [9.17, 15) is 0 Å². The maximum absolute atomic E-state index is 9.14. The smallest absolute Gasteiger partial charge is 0.135 e. The van der Waals surface area contributed by atoms with Crippen LogP contribution in [0.3, 0.4) is 0 Å². The van der Waals surface area contributed by atoms with Crippen LogP contribution >= 0.6 is 11.6 Å². The fourth-order valence-corrected chi connectivity index (χ4v) is 1.91. The molecule has 0 aliphatic rings. The Morgan fingerprint density at radius 3 is 2.78 bits per heavy atom. The molecule has 18 heavy (non-hydrogen) atoms. The quantitative estimate of drug-likeness (QED) is 0.873. The number of aliphatic hydroxyl groups is 1. The van der Waals surface area contributed by atoms with Gasteiger partial charge >= 0.3 is 0 Å². The fourth-order valence-electron chi connectivity index (χ4n) is 1.68. The Kier molecular flexibility index (Phi) is 4.42. The van der Waals surface area contributed by atoms with E-state index in [0.29, 0.717) is 18.1 Å². The van der Waals surface area contributed by atoms with Crippen LogP contribution in [0, 0.1) is 0 Å². The second kappa shape index (κ2) is 6.05. The highest BCUT2D eigenvalue weighted by atomic mass is 35.5. The van der Waals surface area contributed by atoms with Crippen molar-refractivity contribution in [3.63, 3.8) is 0 Å². The van der Waals surface area contributed by atoms with Gasteiger partial charge in [-0.3, -0.25) is 0 Å². The molecule has 0 unspecified atom stereocenters. The van der Waals surface area contributed by atoms with Crippen LogP contribution in [-0.4, -0.2) is 17.8 Å². The van der Waals surface area contributed by atoms with Crippen LogP contribution in [0.15, 0.2) is 40.8 Å². The number of halogens is 1. The van der Waals surface area contributed by atoms with Crippen molar-refractivity contribution in [2.45, 2.75) is 19.6 Å². The molecule has 4 heteroatoms. The molecule has 0 fully saturated rings. The lowest BCUT2D eigenvalue weighted by Gasteiger charge is -2.04. The molecule has 0 amide bonds. The molecule has 0 saturated heterocycles. The normalized spacial score (nSPS) is 12.6. The monoisotopic (exact) mass is 265 g/mol. The standard InChI is InChI=1S/C14H16ClNO2/c1-10(17)8-16-9-11-6-7-14(18-11)12-4-2-3-5-13(12)15/h2-7,10,16-17H,8-9H2,1H3/t10-/m1/s1. The zero-order chi connectivity index (χ0) is 13.0. The van der Waals surface area contributed by atoms with Crippen LogP contribution in [0.25, 0.3) is 11.3 Å². The summed E-state index contributed by atoms with van der Waals surface area (Å²) < 4.78 is 5.70. The van der Waals surface area contributed by atoms with Gasteiger partial charge in [0, 0.05) is 12.1 Å². The van der Waals surface area contributed by atoms with Crippen LogP contribution in [0.1, 0.15) is 12.7 Å². The van der Waals surface area contributed by atoms with Gasteiger partial charge in [-0.1, -0.05) is 23.7 Å². The van der Waals surface area contributed by atoms with Crippen LogP contribution in [0.4, 0.5) is 0 Å². The van der Waals surface area contributed by atoms with E-state index in [2.05, 4.69) is 5.32 Å². The molecule has 96 valence electrons. The SMILES string of the molecule is C[C@@H](O)CNCc1ccc(-c2ccccc2Cl)o1. The summed E-state index contributed by atoms with van der Waals surface area (Å²) in [5, 5.41) is 12.9. The Morgan fingerprint density at radius 2 is 2.06 bits per heavy atom. The summed E-state index contributed by atoms with van der Waals surface area (Å²) in [7, 11) is 0. The first-order chi connectivity index (χ1) is 8.66. The second-order valence-corrected chi connectivity index (χ2v) is 4.63. The number of nitrogens with one attached hydrogen (secondary N) is 1. The topological polar surface area (TPSA) is 45.4 Å². The molecule has 1 atom stereocenters. The van der Waals surface area contributed by atoms with E-state index < -0.39 is 0 Å². The first kappa shape index (κ1) is 13.1. The molecule has 3 nitrogen and oxygen atoms in total. The van der Waals surface area contributed by atoms with Gasteiger partial charge in [-0.05, 0) is 31.2 Å². The molecule has 1 heterocycles. The number of benzene rings is 1. The van der Waals surface area contributed by atoms with Crippen molar-refractivity contribution >= 4 is 11.6 Å². The molecule has 0 saturated carbocycles. The minimum Gasteiger partial charge on any atom is -0.460 e. The summed E-state index contributed by atoms with van der Waals surface area (Å²) in [6, 6.07) is 11.4. The van der Waals surface area contributed by atoms with Crippen molar-refractivity contribution in [3.8, 4) is 11.3 Å². The zero-order valence-corrected chi connectivity index (χ0v) is 10.9. The van der Waals surface area contributed by atoms with Gasteiger partial charge in [0.1, 0.15) is 11.5 Å². The Labute approximate surface area is 111 Å². The summed E-state index contributed by atoms with van der Waals surface area (Å²) in [6.45, 7) is 2.88. The average molecular weight is 266 g/mol. The summed E-state index contributed by atoms with van der Waals surface area (Å²) >= 11 is 6.11. The predicted molar refractivity (Wildman–Crippen MR) is 72.5 cm³/mol. The molecule has 1 aromatic heterocycles. The Bertz CT molecular complexity index is 508. The van der Waals surface area contributed by atoms with E-state index in [1.165, 1.54) is 0 Å². The lowest BCUT2D eigenvalue weighted by atomic mass is 10.2. The van der Waals surface area contributed by atoms with Crippen molar-refractivity contribution < 1.29 is 9.52 Å². The fraction of sp³-hybridized carbons (Fsp3) is 0.286. The Balaban J connectivity index is 2.04. The highest BCUT2D eigenvalue weighted by Crippen LogP contribution is 2.28. The number of aliphatic hydroxyl groups excluding tert-OH is 1. The van der Waals surface area contributed by atoms with Gasteiger partial charge in [-0.2, -0.15) is 0 Å². The van der Waals surface area contributed by atoms with Gasteiger partial charge in [-0.15, -0.1) is 0 Å². The van der Waals surface area contributed by atoms with Crippen molar-refractivity contribution in [2.24, 2.45) is 0 Å². The zero-order valence-electron chi connectivity index (χ0n) is 10.2. The van der Waals surface area contributed by atoms with Gasteiger partial charge in [-0.25, -0.2) is 0 Å². The minimum absolute atomic E-state index is 0.358. The molecule has 1 aromatic carbocycles. The van der Waals surface area contributed by atoms with Gasteiger partial charge in [0.2, 0.25) is 0 Å². The van der Waals surface area contributed by atoms with Crippen LogP contribution < -0.4 is 5.32 Å². The molecule has 2 rings (SSSR count). The lowest BCUT2D eigenvalue weighted by molar-refractivity contribution is 0.190. The van der Waals surface area contributed by atoms with E-state index in [4.69, 9.17) is 21.1 Å². The van der Waals surface area contributed by atoms with Gasteiger partial charge in [0.25, 0.3) is 0 Å². The van der Waals surface area contributed by atoms with Gasteiger partial charge in [0.05, 0.1) is 17.7 Å². The van der Waals surface area contributed by atoms with E-state index in [1.807, 2.05) is 36.4 Å². The molecule has 0 bridgehead atoms. The van der Waals surface area contributed by atoms with Crippen molar-refractivity contribution in [1.29, 1.82) is 0 Å². The van der Waals surface area contributed by atoms with Crippen molar-refractivity contribution in [3.05, 3.63) is 47.2 Å². The Hall–Kier alpha value is -1.29. The molecule has 0 aliphatic carbocycles. The van der Waals surface area contributed by atoms with Gasteiger partial charge in [0.15, 0.2) is 0 Å². The highest BCUT2D eigenvalue weighted by Gasteiger charge is 2.07. The van der Waals surface area contributed by atoms with E-state index >= 15 is 0 Å². The third kappa shape index (κ3) is 3.35. The number of hydrogen-bond donors (Lipinski definition) is 2. The van der Waals surface area contributed by atoms with Crippen LogP contribution in [0.5, 0.6) is 0 Å². The van der Waals surface area contributed by atoms with Gasteiger partial charge < -0.3 is 14.8 Å². The molecular formula is C14H16ClNO2. The molecule has 2 N–H and O–H groups in total. The molecule has 0 radical (unpaired) electrons. The van der Waals surface area contributed by atoms with E-state index in [1.54, 1.807) is 6.92 Å². The van der Waals surface area contributed by atoms with Crippen LogP contribution in [-0.2, 0) is 6.54 Å². The summed E-state index contributed by atoms with van der Waals surface area (Å²) in [5.74, 6) is 1.58. The molecule has 0 aliphatic heterocycles. The Morgan fingerprint density at radius 1 is 1.28 bits per heavy atom. The predicted octanol–water partition coefficient (Wildman–Crippen LogP) is 3.07. The first-order valence-electron chi connectivity index (χ1n) is 5.89. The lowest BCUT2D eigenvalue weighted by Crippen LogP contribution is -2.23. The maximum Gasteiger partial charge on any atom is 0.135 e. The maximum atomic E-state index is 9.14. The third-order valence-electron chi connectivity index (χ3n) is 2.54. The number of hydrogen-bond acceptors (Lipinski definition) is 3. The molecule has 2 aromatic rings. The van der Waals surface area contributed by atoms with Crippen LogP contribution in [0.2, 0.25) is 5.02 Å². The van der Waals surface area contributed by atoms with E-state index in [-0.39, 0.29) is 6.10 Å². The highest BCUT2D eigenvalue weighted by molar-refractivity contribution is 6.33.